The number of nitrogens with zero attached hydrogens (tertiary/aromatic N) is 7. The van der Waals surface area contributed by atoms with Crippen molar-refractivity contribution in [1.29, 1.82) is 0 Å². The molecule has 0 aliphatic heterocycles. The Kier molecular flexibility index (Phi) is 15.7. The van der Waals surface area contributed by atoms with E-state index in [2.05, 4.69) is 91.3 Å². The van der Waals surface area contributed by atoms with E-state index in [-0.39, 0.29) is 74.1 Å². The Balaban J connectivity index is 1.52. The lowest BCUT2D eigenvalue weighted by atomic mass is 10.1. The number of hydrogen-bond donors (Lipinski definition) is 3. The van der Waals surface area contributed by atoms with Gasteiger partial charge in [0.2, 0.25) is 11.8 Å². The van der Waals surface area contributed by atoms with E-state index >= 15 is 0 Å². The van der Waals surface area contributed by atoms with Crippen LogP contribution >= 0.6 is 47.8 Å². The topological polar surface area (TPSA) is 214 Å². The van der Waals surface area contributed by atoms with Gasteiger partial charge in [0.15, 0.2) is 11.3 Å². The third-order valence-corrected chi connectivity index (χ3v) is 10.8. The smallest absolute Gasteiger partial charge is 0.321 e. The van der Waals surface area contributed by atoms with Crippen molar-refractivity contribution in [2.45, 2.75) is 33.2 Å². The van der Waals surface area contributed by atoms with Gasteiger partial charge < -0.3 is 14.2 Å². The third kappa shape index (κ3) is 12.5. The summed E-state index contributed by atoms with van der Waals surface area (Å²) in [6, 6.07) is 14.4. The van der Waals surface area contributed by atoms with Gasteiger partial charge in [-0.2, -0.15) is 26.3 Å². The number of ether oxygens (including phenoxy) is 3. The molecule has 0 saturated heterocycles. The van der Waals surface area contributed by atoms with Gasteiger partial charge in [-0.15, -0.1) is 4.40 Å². The maximum atomic E-state index is 13.0. The van der Waals surface area contributed by atoms with E-state index in [1.807, 2.05) is 13.8 Å². The van der Waals surface area contributed by atoms with Crippen molar-refractivity contribution < 1.29 is 31.0 Å². The number of rotatable bonds is 20. The molecule has 0 bridgehead atoms. The lowest BCUT2D eigenvalue weighted by Gasteiger charge is -2.19. The summed E-state index contributed by atoms with van der Waals surface area (Å²) in [6.45, 7) is 4.20. The van der Waals surface area contributed by atoms with Gasteiger partial charge in [0.1, 0.15) is 32.5 Å². The summed E-state index contributed by atoms with van der Waals surface area (Å²) < 4.78 is 85.3. The van der Waals surface area contributed by atoms with Crippen molar-refractivity contribution in [2.75, 3.05) is 37.6 Å². The average molecular weight is 1000 g/mol. The highest BCUT2D eigenvalue weighted by Gasteiger charge is 2.22. The second-order valence-corrected chi connectivity index (χ2v) is 17.2. The number of aromatic nitrogens is 6. The van der Waals surface area contributed by atoms with Gasteiger partial charge in [0.05, 0.1) is 22.1 Å². The quantitative estimate of drug-likeness (QED) is 0.0834. The molecule has 0 aliphatic carbocycles. The molecule has 22 heteroatoms. The van der Waals surface area contributed by atoms with E-state index in [0.717, 1.165) is 8.95 Å². The van der Waals surface area contributed by atoms with Crippen LogP contribution in [0.3, 0.4) is 0 Å². The van der Waals surface area contributed by atoms with Crippen molar-refractivity contribution >= 4 is 74.0 Å². The summed E-state index contributed by atoms with van der Waals surface area (Å²) in [5, 5.41) is 0. The molecule has 0 spiro atoms. The van der Waals surface area contributed by atoms with Crippen LogP contribution in [0.4, 0.5) is 5.82 Å². The first-order valence-electron chi connectivity index (χ1n) is 17.0. The zero-order chi connectivity index (χ0) is 40.1. The van der Waals surface area contributed by atoms with Crippen molar-refractivity contribution in [3.63, 3.8) is 0 Å². The second-order valence-electron chi connectivity index (χ2n) is 11.5. The minimum atomic E-state index is -4.14. The molecule has 3 N–H and O–H groups in total. The molecule has 0 radical (unpaired) electrons. The Morgan fingerprint density at radius 3 is 1.95 bits per heavy atom. The minimum absolute atomic E-state index is 0.00963. The highest BCUT2D eigenvalue weighted by Crippen LogP contribution is 2.35. The molecule has 0 unspecified atom stereocenters. The second kappa shape index (κ2) is 20.4. The SMILES string of the molecule is CCCNS(=O)(=O)N=c1ncn(CCOc2ncnc(NS(=O)(=O)NCCC)c2-c2ccc(Br)cc2)c(OCCOc2ncc(Br)cn2)c1-c1ccc(Br)cc1. The molecular formula is C34H37Br3N10O7S2. The standard InChI is InChI=1S/C34H37Br3N10O7S2/c1-3-13-43-55(48,49)45-30-28(23-5-9-25(35)10-6-23)32(41-21-40-30)52-16-15-47-22-42-31(46-56(50,51)44-14-4-2)29(24-7-11-26(36)12-8-24)33(47)53-17-18-54-34-38-19-27(37)20-39-34/h5-12,19-22,43-44H,3-4,13-18H2,1-2H3,(H,40,41,45). The predicted molar refractivity (Wildman–Crippen MR) is 220 cm³/mol. The number of anilines is 1. The van der Waals surface area contributed by atoms with Gasteiger partial charge in [-0.3, -0.25) is 9.29 Å². The Hall–Kier alpha value is -4.06. The lowest BCUT2D eigenvalue weighted by molar-refractivity contribution is 0.191. The van der Waals surface area contributed by atoms with Crippen LogP contribution < -0.4 is 33.9 Å². The molecule has 0 aliphatic rings. The van der Waals surface area contributed by atoms with Crippen LogP contribution in [-0.2, 0) is 27.0 Å². The molecule has 5 rings (SSSR count). The monoisotopic (exact) mass is 998 g/mol. The molecule has 3 aromatic heterocycles. The maximum absolute atomic E-state index is 13.0. The van der Waals surface area contributed by atoms with E-state index < -0.39 is 20.4 Å². The van der Waals surface area contributed by atoms with Crippen LogP contribution in [0.25, 0.3) is 22.3 Å². The zero-order valence-electron chi connectivity index (χ0n) is 30.0. The van der Waals surface area contributed by atoms with Gasteiger partial charge >= 0.3 is 16.2 Å². The fourth-order valence-corrected chi connectivity index (χ4v) is 7.41. The molecule has 298 valence electrons. The molecule has 17 nitrogen and oxygen atoms in total. The molecule has 0 saturated carbocycles. The highest BCUT2D eigenvalue weighted by molar-refractivity contribution is 9.11. The average Bonchev–Trinajstić information content (AvgIpc) is 3.17. The summed E-state index contributed by atoms with van der Waals surface area (Å²) in [6.07, 6.45) is 6.84. The third-order valence-electron chi connectivity index (χ3n) is 7.33. The molecule has 2 aromatic carbocycles. The van der Waals surface area contributed by atoms with Gasteiger partial charge in [0, 0.05) is 34.4 Å². The first-order chi connectivity index (χ1) is 26.9. The largest absolute Gasteiger partial charge is 0.475 e. The first kappa shape index (κ1) is 43.1. The van der Waals surface area contributed by atoms with Crippen LogP contribution in [0.2, 0.25) is 0 Å². The first-order valence-corrected chi connectivity index (χ1v) is 22.3. The van der Waals surface area contributed by atoms with Crippen LogP contribution in [0.15, 0.2) is 91.4 Å². The molecule has 3 heterocycles. The Labute approximate surface area is 349 Å². The Bertz CT molecular complexity index is 2370. The van der Waals surface area contributed by atoms with Gasteiger partial charge in [-0.05, 0) is 64.2 Å². The highest BCUT2D eigenvalue weighted by atomic mass is 79.9. The molecule has 5 aromatic rings. The molecule has 0 amide bonds. The summed E-state index contributed by atoms with van der Waals surface area (Å²) in [5.74, 6) is 0.319. The van der Waals surface area contributed by atoms with Crippen molar-refractivity contribution in [3.8, 4) is 40.0 Å². The predicted octanol–water partition coefficient (Wildman–Crippen LogP) is 5.42. The number of nitrogens with one attached hydrogen (secondary N) is 3. The Morgan fingerprint density at radius 2 is 1.30 bits per heavy atom. The zero-order valence-corrected chi connectivity index (χ0v) is 36.4. The van der Waals surface area contributed by atoms with Crippen molar-refractivity contribution in [3.05, 3.63) is 92.5 Å². The maximum Gasteiger partial charge on any atom is 0.321 e. The molecule has 0 atom stereocenters. The molecule has 56 heavy (non-hydrogen) atoms. The summed E-state index contributed by atoms with van der Waals surface area (Å²) in [4.78, 5) is 21.3. The fourth-order valence-electron chi connectivity index (χ4n) is 4.83. The van der Waals surface area contributed by atoms with Gasteiger partial charge in [0.25, 0.3) is 10.2 Å². The van der Waals surface area contributed by atoms with E-state index in [0.29, 0.717) is 34.0 Å². The van der Waals surface area contributed by atoms with Gasteiger partial charge in [-0.25, -0.2) is 24.9 Å². The van der Waals surface area contributed by atoms with Gasteiger partial charge in [-0.1, -0.05) is 70.0 Å². The minimum Gasteiger partial charge on any atom is -0.475 e. The fraction of sp³-hybridized carbons (Fsp3) is 0.294. The molecule has 0 fully saturated rings. The van der Waals surface area contributed by atoms with Crippen LogP contribution in [-0.4, -0.2) is 79.2 Å². The van der Waals surface area contributed by atoms with E-state index in [9.17, 15) is 16.8 Å². The van der Waals surface area contributed by atoms with Crippen molar-refractivity contribution in [1.82, 2.24) is 38.9 Å². The van der Waals surface area contributed by atoms with E-state index in [4.69, 9.17) is 14.2 Å². The summed E-state index contributed by atoms with van der Waals surface area (Å²) in [5.41, 5.74) is 1.64. The lowest BCUT2D eigenvalue weighted by Crippen LogP contribution is -2.31. The van der Waals surface area contributed by atoms with Crippen molar-refractivity contribution in [2.24, 2.45) is 4.40 Å². The summed E-state index contributed by atoms with van der Waals surface area (Å²) in [7, 11) is -8.11. The van der Waals surface area contributed by atoms with Crippen LogP contribution in [0.1, 0.15) is 26.7 Å². The molecular weight excluding hydrogens is 964 g/mol. The van der Waals surface area contributed by atoms with E-state index in [1.54, 1.807) is 65.5 Å². The normalized spacial score (nSPS) is 12.1. The van der Waals surface area contributed by atoms with E-state index in [1.165, 1.54) is 12.7 Å². The summed E-state index contributed by atoms with van der Waals surface area (Å²) >= 11 is 10.2. The number of hydrogen-bond acceptors (Lipinski definition) is 12. The number of benzene rings is 2. The number of halogens is 3. The van der Waals surface area contributed by atoms with Crippen LogP contribution in [0.5, 0.6) is 17.8 Å². The van der Waals surface area contributed by atoms with Crippen LogP contribution in [0, 0.1) is 0 Å². The Morgan fingerprint density at radius 1 is 0.696 bits per heavy atom.